The number of aliphatic hydroxyl groups excluding tert-OH is 5. The van der Waals surface area contributed by atoms with Crippen LogP contribution in [0.4, 0.5) is 0 Å². The first-order chi connectivity index (χ1) is 5.87. The summed E-state index contributed by atoms with van der Waals surface area (Å²) in [6.45, 7) is -1.69. The molecule has 6 N–H and O–H groups in total. The molecule has 0 aromatic heterocycles. The highest BCUT2D eigenvalue weighted by Gasteiger charge is 2.40. The molecule has 6 nitrogen and oxygen atoms in total. The van der Waals surface area contributed by atoms with Gasteiger partial charge < -0.3 is 30.6 Å². The minimum atomic E-state index is -2.56. The van der Waals surface area contributed by atoms with Crippen LogP contribution in [0.5, 0.6) is 0 Å². The minimum absolute atomic E-state index is 0.821. The summed E-state index contributed by atoms with van der Waals surface area (Å²) in [6, 6.07) is 0. The Labute approximate surface area is 76.5 Å². The van der Waals surface area contributed by atoms with E-state index in [4.69, 9.17) is 33.4 Å². The number of hydrogen-bond donors (Lipinski definition) is 6. The van der Waals surface area contributed by atoms with E-state index in [1.54, 1.807) is 0 Å². The van der Waals surface area contributed by atoms with Gasteiger partial charge >= 0.3 is 0 Å². The molecule has 0 saturated heterocycles. The second-order valence-corrected chi connectivity index (χ2v) is 2.78. The molecule has 7 heteroatoms. The summed E-state index contributed by atoms with van der Waals surface area (Å²) in [7, 11) is 5.02. The number of aliphatic hydroxyl groups is 6. The molecular weight excluding hydrogens is 179 g/mol. The topological polar surface area (TPSA) is 121 Å². The summed E-state index contributed by atoms with van der Waals surface area (Å²) in [6.07, 6.45) is -5.43. The highest BCUT2D eigenvalue weighted by Crippen LogP contribution is 2.14. The van der Waals surface area contributed by atoms with E-state index in [1.807, 2.05) is 0 Å². The zero-order valence-electron chi connectivity index (χ0n) is 6.91. The molecule has 0 aromatic rings. The average Bonchev–Trinajstić information content (AvgIpc) is 2.13. The molecule has 0 saturated carbocycles. The van der Waals surface area contributed by atoms with Crippen molar-refractivity contribution in [3.63, 3.8) is 0 Å². The zero-order chi connectivity index (χ0) is 10.6. The second-order valence-electron chi connectivity index (χ2n) is 2.78. The summed E-state index contributed by atoms with van der Waals surface area (Å²) < 4.78 is 0. The van der Waals surface area contributed by atoms with Gasteiger partial charge in [0.2, 0.25) is 0 Å². The van der Waals surface area contributed by atoms with Crippen molar-refractivity contribution in [3.8, 4) is 0 Å². The van der Waals surface area contributed by atoms with Gasteiger partial charge in [-0.2, -0.15) is 0 Å². The van der Waals surface area contributed by atoms with Crippen molar-refractivity contribution in [3.05, 3.63) is 0 Å². The van der Waals surface area contributed by atoms with Crippen LogP contribution in [-0.4, -0.2) is 75.5 Å². The molecular formula is C6H13BO6. The predicted molar refractivity (Wildman–Crippen MR) is 42.9 cm³/mol. The van der Waals surface area contributed by atoms with Gasteiger partial charge in [0.1, 0.15) is 20.1 Å². The van der Waals surface area contributed by atoms with E-state index < -0.39 is 37.0 Å². The van der Waals surface area contributed by atoms with Crippen molar-refractivity contribution in [2.24, 2.45) is 0 Å². The van der Waals surface area contributed by atoms with Gasteiger partial charge in [0.15, 0.2) is 0 Å². The molecule has 0 heterocycles. The molecule has 0 aliphatic heterocycles. The lowest BCUT2D eigenvalue weighted by atomic mass is 9.71. The standard InChI is InChI=1S/C6H13BO6/c7-6(13,4(11)2-9)5(12)3(10)1-8/h3-5,8-13H,1-2H2/t3-,4+,5+,6+/m0/s1. The normalized spacial score (nSPS) is 23.2. The Morgan fingerprint density at radius 1 is 1.08 bits per heavy atom. The van der Waals surface area contributed by atoms with Crippen molar-refractivity contribution >= 4 is 7.85 Å². The molecule has 2 radical (unpaired) electrons. The van der Waals surface area contributed by atoms with E-state index in [0.717, 1.165) is 0 Å². The zero-order valence-corrected chi connectivity index (χ0v) is 6.91. The molecule has 0 amide bonds. The third-order valence-corrected chi connectivity index (χ3v) is 1.73. The Kier molecular flexibility index (Phi) is 4.83. The fourth-order valence-corrected chi connectivity index (χ4v) is 0.751. The van der Waals surface area contributed by atoms with Crippen LogP contribution in [0, 0.1) is 0 Å². The molecule has 0 rings (SSSR count). The fourth-order valence-electron chi connectivity index (χ4n) is 0.751. The maximum atomic E-state index is 9.20. The van der Waals surface area contributed by atoms with Gasteiger partial charge in [-0.25, -0.2) is 0 Å². The summed E-state index contributed by atoms with van der Waals surface area (Å²) >= 11 is 0. The predicted octanol–water partition coefficient (Wildman–Crippen LogP) is -4.09. The first-order valence-electron chi connectivity index (χ1n) is 3.65. The third-order valence-electron chi connectivity index (χ3n) is 1.73. The summed E-state index contributed by atoms with van der Waals surface area (Å²) in [5.74, 6) is 0. The van der Waals surface area contributed by atoms with Gasteiger partial charge in [-0.15, -0.1) is 0 Å². The Bertz CT molecular complexity index is 152. The van der Waals surface area contributed by atoms with E-state index in [0.29, 0.717) is 0 Å². The summed E-state index contributed by atoms with van der Waals surface area (Å²) in [5, 5.41) is 52.9. The van der Waals surface area contributed by atoms with Crippen LogP contribution in [0.1, 0.15) is 0 Å². The Morgan fingerprint density at radius 3 is 1.85 bits per heavy atom. The van der Waals surface area contributed by atoms with E-state index in [-0.39, 0.29) is 0 Å². The van der Waals surface area contributed by atoms with Crippen molar-refractivity contribution in [2.75, 3.05) is 13.2 Å². The lowest BCUT2D eigenvalue weighted by molar-refractivity contribution is -0.147. The van der Waals surface area contributed by atoms with Crippen LogP contribution < -0.4 is 0 Å². The molecule has 0 bridgehead atoms. The smallest absolute Gasteiger partial charge is 0.120 e. The van der Waals surface area contributed by atoms with Crippen molar-refractivity contribution in [2.45, 2.75) is 23.8 Å². The molecule has 0 aromatic carbocycles. The van der Waals surface area contributed by atoms with Crippen molar-refractivity contribution in [1.82, 2.24) is 0 Å². The highest BCUT2D eigenvalue weighted by atomic mass is 16.4. The van der Waals surface area contributed by atoms with Crippen LogP contribution in [0.2, 0.25) is 0 Å². The van der Waals surface area contributed by atoms with Crippen LogP contribution in [0.15, 0.2) is 0 Å². The Hall–Kier alpha value is -0.175. The fraction of sp³-hybridized carbons (Fsp3) is 1.00. The SMILES string of the molecule is [B][C@@](O)([C@H](O)CO)[C@H](O)[C@@H](O)CO. The Morgan fingerprint density at radius 2 is 1.54 bits per heavy atom. The largest absolute Gasteiger partial charge is 0.394 e. The highest BCUT2D eigenvalue weighted by molar-refractivity contribution is 6.15. The molecule has 0 unspecified atom stereocenters. The third kappa shape index (κ3) is 2.90. The molecule has 0 aliphatic carbocycles. The quantitative estimate of drug-likeness (QED) is 0.246. The first-order valence-corrected chi connectivity index (χ1v) is 3.65. The number of rotatable bonds is 5. The Balaban J connectivity index is 4.42. The summed E-state index contributed by atoms with van der Waals surface area (Å²) in [4.78, 5) is 0. The maximum Gasteiger partial charge on any atom is 0.120 e. The van der Waals surface area contributed by atoms with E-state index in [9.17, 15) is 5.11 Å². The lowest BCUT2D eigenvalue weighted by Crippen LogP contribution is -2.59. The summed E-state index contributed by atoms with van der Waals surface area (Å²) in [5.41, 5.74) is -2.56. The van der Waals surface area contributed by atoms with E-state index in [1.165, 1.54) is 0 Å². The van der Waals surface area contributed by atoms with Crippen molar-refractivity contribution < 1.29 is 30.6 Å². The molecule has 13 heavy (non-hydrogen) atoms. The average molecular weight is 192 g/mol. The lowest BCUT2D eigenvalue weighted by Gasteiger charge is -2.35. The molecule has 0 fully saturated rings. The molecule has 4 atom stereocenters. The van der Waals surface area contributed by atoms with Gasteiger partial charge in [-0.3, -0.25) is 0 Å². The van der Waals surface area contributed by atoms with Crippen LogP contribution in [-0.2, 0) is 0 Å². The minimum Gasteiger partial charge on any atom is -0.394 e. The van der Waals surface area contributed by atoms with Crippen molar-refractivity contribution in [1.29, 1.82) is 0 Å². The molecule has 0 spiro atoms. The monoisotopic (exact) mass is 192 g/mol. The van der Waals surface area contributed by atoms with Gasteiger partial charge in [-0.05, 0) is 0 Å². The maximum absolute atomic E-state index is 9.20. The second kappa shape index (κ2) is 4.89. The van der Waals surface area contributed by atoms with Gasteiger partial charge in [0.25, 0.3) is 0 Å². The van der Waals surface area contributed by atoms with Gasteiger partial charge in [-0.1, -0.05) is 0 Å². The molecule has 76 valence electrons. The number of hydrogen-bond acceptors (Lipinski definition) is 6. The van der Waals surface area contributed by atoms with Crippen LogP contribution in [0.3, 0.4) is 0 Å². The molecule has 0 aliphatic rings. The van der Waals surface area contributed by atoms with Crippen LogP contribution >= 0.6 is 0 Å². The van der Waals surface area contributed by atoms with Gasteiger partial charge in [0.05, 0.1) is 24.8 Å². The first kappa shape index (κ1) is 12.8. The van der Waals surface area contributed by atoms with Crippen LogP contribution in [0.25, 0.3) is 0 Å². The van der Waals surface area contributed by atoms with E-state index >= 15 is 0 Å². The van der Waals surface area contributed by atoms with E-state index in [2.05, 4.69) is 0 Å². The van der Waals surface area contributed by atoms with Gasteiger partial charge in [0, 0.05) is 0 Å².